The molecule has 0 fully saturated rings. The summed E-state index contributed by atoms with van der Waals surface area (Å²) in [6, 6.07) is 72.9. The smallest absolute Gasteiger partial charge is 0.164 e. The zero-order valence-electron chi connectivity index (χ0n) is 30.9. The van der Waals surface area contributed by atoms with Crippen LogP contribution in [-0.4, -0.2) is 19.5 Å². The minimum atomic E-state index is 0.627. The Morgan fingerprint density at radius 1 is 0.263 bits per heavy atom. The van der Waals surface area contributed by atoms with Crippen LogP contribution >= 0.6 is 0 Å². The lowest BCUT2D eigenvalue weighted by Crippen LogP contribution is -2.01. The highest BCUT2D eigenvalue weighted by molar-refractivity contribution is 6.11. The van der Waals surface area contributed by atoms with E-state index in [1.54, 1.807) is 0 Å². The summed E-state index contributed by atoms with van der Waals surface area (Å²) in [6.07, 6.45) is 0. The third-order valence-corrected chi connectivity index (χ3v) is 11.1. The van der Waals surface area contributed by atoms with Crippen LogP contribution in [0.2, 0.25) is 0 Å². The van der Waals surface area contributed by atoms with E-state index in [1.165, 1.54) is 49.1 Å². The lowest BCUT2D eigenvalue weighted by molar-refractivity contribution is 1.07. The van der Waals surface area contributed by atoms with Crippen molar-refractivity contribution in [1.82, 2.24) is 19.5 Å². The fourth-order valence-electron chi connectivity index (χ4n) is 8.18. The van der Waals surface area contributed by atoms with Gasteiger partial charge in [0.25, 0.3) is 0 Å². The standard InChI is InChI=1S/C53H34N4/c1-3-11-35(12-4-1)37-19-22-39(23-20-37)51-54-52(56-53(55-51)43-27-31-46-42(33-43)24-21-38-15-7-8-16-45(38)46)40-25-29-44(30-26-40)57-49-18-10-9-17-47(49)48-34-41(28-32-50(48)57)36-13-5-2-6-14-36/h1-34H. The zero-order chi connectivity index (χ0) is 37.7. The molecule has 0 N–H and O–H groups in total. The SMILES string of the molecule is c1ccc(-c2ccc(-c3nc(-c4ccc(-n5c6ccccc6c6cc(-c7ccccc7)ccc65)cc4)nc(-c4ccc5c(ccc6ccccc65)c4)n3)cc2)cc1. The predicted octanol–water partition coefficient (Wildman–Crippen LogP) is 13.6. The van der Waals surface area contributed by atoms with Crippen molar-refractivity contribution in [1.29, 1.82) is 0 Å². The predicted molar refractivity (Wildman–Crippen MR) is 236 cm³/mol. The van der Waals surface area contributed by atoms with Crippen LogP contribution in [0.15, 0.2) is 206 Å². The maximum atomic E-state index is 5.14. The van der Waals surface area contributed by atoms with Gasteiger partial charge in [0.1, 0.15) is 0 Å². The van der Waals surface area contributed by atoms with Gasteiger partial charge in [0.05, 0.1) is 11.0 Å². The van der Waals surface area contributed by atoms with Gasteiger partial charge in [-0.25, -0.2) is 15.0 Å². The molecule has 0 spiro atoms. The van der Waals surface area contributed by atoms with Crippen LogP contribution in [0, 0.1) is 0 Å². The van der Waals surface area contributed by atoms with Gasteiger partial charge in [-0.3, -0.25) is 0 Å². The molecule has 0 atom stereocenters. The number of fused-ring (bicyclic) bond motifs is 6. The number of nitrogens with zero attached hydrogens (tertiary/aromatic N) is 4. The topological polar surface area (TPSA) is 43.6 Å². The Bertz CT molecular complexity index is 3260. The van der Waals surface area contributed by atoms with Gasteiger partial charge in [0, 0.05) is 33.2 Å². The van der Waals surface area contributed by atoms with Gasteiger partial charge < -0.3 is 4.57 Å². The maximum Gasteiger partial charge on any atom is 0.164 e. The van der Waals surface area contributed by atoms with Gasteiger partial charge in [-0.05, 0) is 92.3 Å². The van der Waals surface area contributed by atoms with Crippen molar-refractivity contribution in [2.45, 2.75) is 0 Å². The minimum Gasteiger partial charge on any atom is -0.309 e. The number of hydrogen-bond donors (Lipinski definition) is 0. The third kappa shape index (κ3) is 5.83. The summed E-state index contributed by atoms with van der Waals surface area (Å²) in [5.41, 5.74) is 10.9. The molecule has 0 saturated heterocycles. The van der Waals surface area contributed by atoms with Crippen molar-refractivity contribution >= 4 is 43.4 Å². The number of hydrogen-bond acceptors (Lipinski definition) is 3. The molecular weight excluding hydrogens is 693 g/mol. The molecule has 57 heavy (non-hydrogen) atoms. The largest absolute Gasteiger partial charge is 0.309 e. The summed E-state index contributed by atoms with van der Waals surface area (Å²) < 4.78 is 2.35. The average molecular weight is 727 g/mol. The summed E-state index contributed by atoms with van der Waals surface area (Å²) in [5, 5.41) is 7.26. The second kappa shape index (κ2) is 13.6. The molecule has 2 heterocycles. The van der Waals surface area contributed by atoms with E-state index >= 15 is 0 Å². The van der Waals surface area contributed by atoms with E-state index in [4.69, 9.17) is 15.0 Å². The van der Waals surface area contributed by atoms with Crippen LogP contribution < -0.4 is 0 Å². The van der Waals surface area contributed by atoms with E-state index in [0.29, 0.717) is 17.5 Å². The Morgan fingerprint density at radius 3 is 1.46 bits per heavy atom. The van der Waals surface area contributed by atoms with Gasteiger partial charge in [-0.2, -0.15) is 0 Å². The first kappa shape index (κ1) is 32.7. The molecule has 0 aliphatic carbocycles. The molecule has 11 rings (SSSR count). The molecule has 0 amide bonds. The molecule has 2 aromatic heterocycles. The normalized spacial score (nSPS) is 11.5. The van der Waals surface area contributed by atoms with Crippen LogP contribution in [0.1, 0.15) is 0 Å². The fraction of sp³-hybridized carbons (Fsp3) is 0. The van der Waals surface area contributed by atoms with Gasteiger partial charge >= 0.3 is 0 Å². The number of para-hydroxylation sites is 1. The number of aromatic nitrogens is 4. The van der Waals surface area contributed by atoms with E-state index in [0.717, 1.165) is 38.8 Å². The van der Waals surface area contributed by atoms with Crippen LogP contribution in [0.4, 0.5) is 0 Å². The van der Waals surface area contributed by atoms with Gasteiger partial charge in [-0.15, -0.1) is 0 Å². The highest BCUT2D eigenvalue weighted by atomic mass is 15.0. The van der Waals surface area contributed by atoms with Crippen LogP contribution in [0.25, 0.3) is 105 Å². The molecule has 0 aliphatic heterocycles. The fourth-order valence-corrected chi connectivity index (χ4v) is 8.18. The third-order valence-electron chi connectivity index (χ3n) is 11.1. The molecule has 0 aliphatic rings. The first-order valence-electron chi connectivity index (χ1n) is 19.3. The number of benzene rings is 9. The number of rotatable bonds is 6. The van der Waals surface area contributed by atoms with Crippen molar-refractivity contribution in [3.63, 3.8) is 0 Å². The Kier molecular flexibility index (Phi) is 7.78. The highest BCUT2D eigenvalue weighted by Crippen LogP contribution is 2.36. The molecule has 0 saturated carbocycles. The maximum absolute atomic E-state index is 5.14. The summed E-state index contributed by atoms with van der Waals surface area (Å²) in [5.74, 6) is 1.90. The second-order valence-corrected chi connectivity index (χ2v) is 14.5. The molecular formula is C53H34N4. The van der Waals surface area contributed by atoms with Crippen LogP contribution in [0.3, 0.4) is 0 Å². The lowest BCUT2D eigenvalue weighted by Gasteiger charge is -2.12. The van der Waals surface area contributed by atoms with Gasteiger partial charge in [0.2, 0.25) is 0 Å². The second-order valence-electron chi connectivity index (χ2n) is 14.5. The van der Waals surface area contributed by atoms with E-state index in [-0.39, 0.29) is 0 Å². The first-order valence-corrected chi connectivity index (χ1v) is 19.3. The Labute approximate surface area is 330 Å². The molecule has 4 heteroatoms. The molecule has 0 radical (unpaired) electrons. The Hall–Kier alpha value is -7.69. The molecule has 0 bridgehead atoms. The van der Waals surface area contributed by atoms with Crippen LogP contribution in [-0.2, 0) is 0 Å². The molecule has 266 valence electrons. The summed E-state index contributed by atoms with van der Waals surface area (Å²) in [4.78, 5) is 15.3. The first-order chi connectivity index (χ1) is 28.2. The minimum absolute atomic E-state index is 0.627. The van der Waals surface area contributed by atoms with Crippen molar-refractivity contribution < 1.29 is 0 Å². The molecule has 0 unspecified atom stereocenters. The summed E-state index contributed by atoms with van der Waals surface area (Å²) >= 11 is 0. The average Bonchev–Trinajstić information content (AvgIpc) is 3.63. The molecule has 9 aromatic carbocycles. The van der Waals surface area contributed by atoms with Crippen molar-refractivity contribution in [2.24, 2.45) is 0 Å². The highest BCUT2D eigenvalue weighted by Gasteiger charge is 2.16. The Morgan fingerprint density at radius 2 is 0.737 bits per heavy atom. The lowest BCUT2D eigenvalue weighted by atomic mass is 10.00. The quantitative estimate of drug-likeness (QED) is 0.160. The van der Waals surface area contributed by atoms with E-state index in [9.17, 15) is 0 Å². The summed E-state index contributed by atoms with van der Waals surface area (Å²) in [6.45, 7) is 0. The van der Waals surface area contributed by atoms with Crippen LogP contribution in [0.5, 0.6) is 0 Å². The van der Waals surface area contributed by atoms with Gasteiger partial charge in [0.15, 0.2) is 17.5 Å². The van der Waals surface area contributed by atoms with Crippen molar-refractivity contribution in [3.8, 4) is 62.1 Å². The molecule has 4 nitrogen and oxygen atoms in total. The van der Waals surface area contributed by atoms with Crippen molar-refractivity contribution in [3.05, 3.63) is 206 Å². The zero-order valence-corrected chi connectivity index (χ0v) is 30.9. The Balaban J connectivity index is 1.02. The van der Waals surface area contributed by atoms with Crippen molar-refractivity contribution in [2.75, 3.05) is 0 Å². The van der Waals surface area contributed by atoms with Gasteiger partial charge in [-0.1, -0.05) is 158 Å². The van der Waals surface area contributed by atoms with E-state index < -0.39 is 0 Å². The van der Waals surface area contributed by atoms with E-state index in [1.807, 2.05) is 6.07 Å². The summed E-state index contributed by atoms with van der Waals surface area (Å²) in [7, 11) is 0. The monoisotopic (exact) mass is 726 g/mol. The molecule has 11 aromatic rings. The van der Waals surface area contributed by atoms with E-state index in [2.05, 4.69) is 205 Å².